The summed E-state index contributed by atoms with van der Waals surface area (Å²) in [5, 5.41) is 17.1. The highest BCUT2D eigenvalue weighted by atomic mass is 16.5. The normalized spacial score (nSPS) is 16.8. The summed E-state index contributed by atoms with van der Waals surface area (Å²) >= 11 is 0. The minimum Gasteiger partial charge on any atom is -0.471 e. The molecule has 0 bridgehead atoms. The lowest BCUT2D eigenvalue weighted by Gasteiger charge is -2.13. The smallest absolute Gasteiger partial charge is 0.407 e. The van der Waals surface area contributed by atoms with E-state index >= 15 is 0 Å². The van der Waals surface area contributed by atoms with Crippen LogP contribution >= 0.6 is 0 Å². The van der Waals surface area contributed by atoms with Crippen molar-refractivity contribution in [1.29, 1.82) is 0 Å². The van der Waals surface area contributed by atoms with Crippen LogP contribution in [0.4, 0.5) is 4.79 Å². The highest BCUT2D eigenvalue weighted by Crippen LogP contribution is 2.29. The van der Waals surface area contributed by atoms with Gasteiger partial charge in [-0.1, -0.05) is 0 Å². The Hall–Kier alpha value is -3.76. The highest BCUT2D eigenvalue weighted by Gasteiger charge is 2.29. The molecule has 4 aromatic rings. The molecule has 2 N–H and O–H groups in total. The number of nitrogens with zero attached hydrogens (tertiary/aromatic N) is 7. The zero-order valence-corrected chi connectivity index (χ0v) is 15.8. The van der Waals surface area contributed by atoms with E-state index in [4.69, 9.17) is 14.8 Å². The van der Waals surface area contributed by atoms with Crippen LogP contribution in [0.1, 0.15) is 12.1 Å². The van der Waals surface area contributed by atoms with Crippen molar-refractivity contribution in [3.05, 3.63) is 24.3 Å². The van der Waals surface area contributed by atoms with Crippen LogP contribution in [-0.2, 0) is 7.05 Å². The number of pyridine rings is 1. The lowest BCUT2D eigenvalue weighted by molar-refractivity contribution is 0.145. The molecule has 1 aliphatic rings. The molecule has 0 spiro atoms. The Morgan fingerprint density at radius 2 is 2.21 bits per heavy atom. The van der Waals surface area contributed by atoms with Gasteiger partial charge in [-0.3, -0.25) is 5.10 Å². The third-order valence-corrected chi connectivity index (χ3v) is 5.17. The first-order valence-electron chi connectivity index (χ1n) is 9.14. The van der Waals surface area contributed by atoms with E-state index in [1.165, 1.54) is 11.2 Å². The van der Waals surface area contributed by atoms with Crippen molar-refractivity contribution >= 4 is 28.3 Å². The largest absolute Gasteiger partial charge is 0.471 e. The van der Waals surface area contributed by atoms with Crippen LogP contribution in [0.25, 0.3) is 33.6 Å². The molecule has 148 valence electrons. The van der Waals surface area contributed by atoms with Gasteiger partial charge >= 0.3 is 6.09 Å². The average molecular weight is 394 g/mol. The van der Waals surface area contributed by atoms with Gasteiger partial charge in [0.25, 0.3) is 0 Å². The van der Waals surface area contributed by atoms with Crippen LogP contribution in [0.2, 0.25) is 0 Å². The van der Waals surface area contributed by atoms with Crippen LogP contribution in [0.5, 0.6) is 5.88 Å². The molecule has 1 atom stereocenters. The van der Waals surface area contributed by atoms with E-state index < -0.39 is 6.09 Å². The Balaban J connectivity index is 1.53. The molecule has 1 amide bonds. The SMILES string of the molecule is Cc1[nH]nc2ncc(-c3nc4c(OC5CCN(C(=O)O)C5)ncnc4n3C)cc12. The van der Waals surface area contributed by atoms with Crippen molar-refractivity contribution in [2.75, 3.05) is 13.1 Å². The second-order valence-corrected chi connectivity index (χ2v) is 7.05. The second kappa shape index (κ2) is 6.40. The number of carbonyl (C=O) groups is 1. The molecule has 0 radical (unpaired) electrons. The number of hydrogen-bond acceptors (Lipinski definition) is 7. The Morgan fingerprint density at radius 3 is 3.00 bits per heavy atom. The number of ether oxygens (including phenoxy) is 1. The molecule has 0 aliphatic carbocycles. The van der Waals surface area contributed by atoms with E-state index in [0.717, 1.165) is 16.6 Å². The second-order valence-electron chi connectivity index (χ2n) is 7.05. The third kappa shape index (κ3) is 2.82. The minimum absolute atomic E-state index is 0.263. The topological polar surface area (TPSA) is 135 Å². The van der Waals surface area contributed by atoms with Gasteiger partial charge in [0.1, 0.15) is 18.3 Å². The van der Waals surface area contributed by atoms with Gasteiger partial charge in [-0.25, -0.2) is 19.7 Å². The number of fused-ring (bicyclic) bond motifs is 2. The van der Waals surface area contributed by atoms with Crippen molar-refractivity contribution in [2.45, 2.75) is 19.4 Å². The molecular weight excluding hydrogens is 376 g/mol. The van der Waals surface area contributed by atoms with E-state index in [-0.39, 0.29) is 6.10 Å². The molecule has 5 heterocycles. The zero-order chi connectivity index (χ0) is 20.1. The average Bonchev–Trinajstić information content (AvgIpc) is 3.41. The van der Waals surface area contributed by atoms with E-state index in [1.807, 2.05) is 24.6 Å². The van der Waals surface area contributed by atoms with E-state index in [1.54, 1.807) is 6.20 Å². The van der Waals surface area contributed by atoms with Crippen LogP contribution < -0.4 is 4.74 Å². The Bertz CT molecular complexity index is 1250. The molecule has 1 aliphatic heterocycles. The van der Waals surface area contributed by atoms with Gasteiger partial charge < -0.3 is 19.3 Å². The van der Waals surface area contributed by atoms with Gasteiger partial charge in [-0.05, 0) is 13.0 Å². The predicted octanol–water partition coefficient (Wildman–Crippen LogP) is 1.74. The number of aromatic nitrogens is 7. The summed E-state index contributed by atoms with van der Waals surface area (Å²) < 4.78 is 7.85. The number of aromatic amines is 1. The molecule has 1 saturated heterocycles. The zero-order valence-electron chi connectivity index (χ0n) is 15.8. The fourth-order valence-corrected chi connectivity index (χ4v) is 3.62. The quantitative estimate of drug-likeness (QED) is 0.536. The molecular formula is C18H18N8O3. The number of carboxylic acid groups (broad SMARTS) is 1. The van der Waals surface area contributed by atoms with Gasteiger partial charge in [0.15, 0.2) is 16.8 Å². The maximum Gasteiger partial charge on any atom is 0.407 e. The highest BCUT2D eigenvalue weighted by molar-refractivity contribution is 5.85. The van der Waals surface area contributed by atoms with Crippen molar-refractivity contribution < 1.29 is 14.6 Å². The summed E-state index contributed by atoms with van der Waals surface area (Å²) in [6, 6.07) is 1.98. The van der Waals surface area contributed by atoms with Crippen molar-refractivity contribution in [2.24, 2.45) is 7.05 Å². The first-order chi connectivity index (χ1) is 14.0. The summed E-state index contributed by atoms with van der Waals surface area (Å²) in [7, 11) is 1.87. The van der Waals surface area contributed by atoms with Gasteiger partial charge in [0.05, 0.1) is 6.54 Å². The Labute approximate surface area is 164 Å². The lowest BCUT2D eigenvalue weighted by Crippen LogP contribution is -2.29. The summed E-state index contributed by atoms with van der Waals surface area (Å²) in [4.78, 5) is 30.2. The summed E-state index contributed by atoms with van der Waals surface area (Å²) in [6.45, 7) is 2.69. The fourth-order valence-electron chi connectivity index (χ4n) is 3.62. The summed E-state index contributed by atoms with van der Waals surface area (Å²) in [5.74, 6) is 1.03. The monoisotopic (exact) mass is 394 g/mol. The molecule has 4 aromatic heterocycles. The van der Waals surface area contributed by atoms with Crippen LogP contribution in [-0.4, -0.2) is 70.0 Å². The van der Waals surface area contributed by atoms with Crippen LogP contribution in [0.3, 0.4) is 0 Å². The maximum atomic E-state index is 11.1. The fraction of sp³-hybridized carbons (Fsp3) is 0.333. The standard InChI is InChI=1S/C18H18N8O3/c1-9-12-5-10(6-19-14(12)24-23-9)15-22-13-16(25(15)2)20-8-21-17(13)29-11-3-4-26(7-11)18(27)28/h5-6,8,11H,3-4,7H2,1-2H3,(H,27,28)(H,19,23,24). The van der Waals surface area contributed by atoms with E-state index in [9.17, 15) is 4.79 Å². The lowest BCUT2D eigenvalue weighted by atomic mass is 10.2. The number of aryl methyl sites for hydroxylation is 2. The van der Waals surface area contributed by atoms with Crippen LogP contribution in [0.15, 0.2) is 18.6 Å². The first-order valence-corrected chi connectivity index (χ1v) is 9.14. The molecule has 1 fully saturated rings. The first kappa shape index (κ1) is 17.3. The Morgan fingerprint density at radius 1 is 1.34 bits per heavy atom. The number of amides is 1. The van der Waals surface area contributed by atoms with Gasteiger partial charge in [0.2, 0.25) is 5.88 Å². The molecule has 0 aromatic carbocycles. The summed E-state index contributed by atoms with van der Waals surface area (Å²) in [6.07, 6.45) is 2.55. The third-order valence-electron chi connectivity index (χ3n) is 5.17. The summed E-state index contributed by atoms with van der Waals surface area (Å²) in [5.41, 5.74) is 3.57. The molecule has 11 heteroatoms. The number of likely N-dealkylation sites (tertiary alicyclic amines) is 1. The van der Waals surface area contributed by atoms with Gasteiger partial charge in [-0.15, -0.1) is 0 Å². The Kier molecular flexibility index (Phi) is 3.83. The number of hydrogen-bond donors (Lipinski definition) is 2. The van der Waals surface area contributed by atoms with Gasteiger partial charge in [0, 0.05) is 42.9 Å². The van der Waals surface area contributed by atoms with Crippen LogP contribution in [0, 0.1) is 6.92 Å². The maximum absolute atomic E-state index is 11.1. The minimum atomic E-state index is -0.943. The van der Waals surface area contributed by atoms with Crippen molar-refractivity contribution in [1.82, 2.24) is 39.6 Å². The number of nitrogens with one attached hydrogen (secondary N) is 1. The molecule has 29 heavy (non-hydrogen) atoms. The molecule has 1 unspecified atom stereocenters. The molecule has 11 nitrogen and oxygen atoms in total. The molecule has 0 saturated carbocycles. The van der Waals surface area contributed by atoms with E-state index in [0.29, 0.717) is 48.0 Å². The van der Waals surface area contributed by atoms with Crippen molar-refractivity contribution in [3.8, 4) is 17.3 Å². The van der Waals surface area contributed by atoms with Gasteiger partial charge in [-0.2, -0.15) is 10.1 Å². The molecule has 5 rings (SSSR count). The predicted molar refractivity (Wildman–Crippen MR) is 103 cm³/mol. The number of imidazole rings is 1. The van der Waals surface area contributed by atoms with E-state index in [2.05, 4.69) is 25.1 Å². The number of rotatable bonds is 3. The number of H-pyrrole nitrogens is 1. The van der Waals surface area contributed by atoms with Crippen molar-refractivity contribution in [3.63, 3.8) is 0 Å².